The third-order valence-corrected chi connectivity index (χ3v) is 17.1. The van der Waals surface area contributed by atoms with Crippen LogP contribution >= 0.6 is 21.6 Å². The number of hydrogen-bond donors (Lipinski definition) is 11. The number of hydrogen-bond acceptors (Lipinski definition) is 13. The summed E-state index contributed by atoms with van der Waals surface area (Å²) in [6, 6.07) is 26.7. The summed E-state index contributed by atoms with van der Waals surface area (Å²) in [5.41, 5.74) is 15.8. The summed E-state index contributed by atoms with van der Waals surface area (Å²) in [4.78, 5) is 123. The highest BCUT2D eigenvalue weighted by molar-refractivity contribution is 8.76. The van der Waals surface area contributed by atoms with Gasteiger partial charge in [0.05, 0.1) is 6.04 Å². The van der Waals surface area contributed by atoms with Crippen molar-refractivity contribution >= 4 is 101 Å². The number of unbranched alkanes of at least 4 members (excludes halogenated alkanes) is 1. The van der Waals surface area contributed by atoms with Gasteiger partial charge in [0, 0.05) is 60.3 Å². The molecule has 0 aliphatic carbocycles. The lowest BCUT2D eigenvalue weighted by molar-refractivity contribution is -0.142. The Bertz CT molecular complexity index is 3480. The minimum atomic E-state index is -1.44. The molecule has 3 heterocycles. The van der Waals surface area contributed by atoms with Crippen molar-refractivity contribution < 1.29 is 43.5 Å². The lowest BCUT2D eigenvalue weighted by atomic mass is 10.00. The zero-order valence-electron chi connectivity index (χ0n) is 46.7. The molecule has 0 saturated carbocycles. The Morgan fingerprint density at radius 3 is 1.92 bits per heavy atom. The molecule has 7 amide bonds. The van der Waals surface area contributed by atoms with E-state index in [4.69, 9.17) is 11.5 Å². The number of amides is 7. The van der Waals surface area contributed by atoms with Crippen LogP contribution in [0.5, 0.6) is 0 Å². The number of aliphatic carboxylic acids is 1. The molecule has 1 aliphatic rings. The van der Waals surface area contributed by atoms with Crippen LogP contribution in [0.3, 0.4) is 0 Å². The molecule has 8 rings (SSSR count). The highest BCUT2D eigenvalue weighted by Crippen LogP contribution is 2.25. The average molecular weight is 1180 g/mol. The molecular formula is C62H71N11O9S2. The number of H-pyrrole nitrogens is 1. The van der Waals surface area contributed by atoms with Gasteiger partial charge in [-0.15, -0.1) is 0 Å². The average Bonchev–Trinajstić information content (AvgIpc) is 4.10. The third kappa shape index (κ3) is 16.9. The molecule has 0 unspecified atom stereocenters. The Kier molecular flexibility index (Phi) is 21.9. The molecule has 20 nitrogen and oxygen atoms in total. The maximum atomic E-state index is 14.9. The Morgan fingerprint density at radius 2 is 1.26 bits per heavy atom. The van der Waals surface area contributed by atoms with Crippen molar-refractivity contribution in [2.24, 2.45) is 17.4 Å². The second kappa shape index (κ2) is 29.8. The predicted molar refractivity (Wildman–Crippen MR) is 327 cm³/mol. The molecular weight excluding hydrogens is 1110 g/mol. The van der Waals surface area contributed by atoms with Crippen LogP contribution in [-0.2, 0) is 64.0 Å². The van der Waals surface area contributed by atoms with E-state index >= 15 is 0 Å². The van der Waals surface area contributed by atoms with Gasteiger partial charge in [0.1, 0.15) is 42.3 Å². The van der Waals surface area contributed by atoms with E-state index in [0.717, 1.165) is 59.6 Å². The second-order valence-corrected chi connectivity index (χ2v) is 23.8. The van der Waals surface area contributed by atoms with Crippen molar-refractivity contribution in [3.63, 3.8) is 0 Å². The van der Waals surface area contributed by atoms with Crippen LogP contribution in [0.2, 0.25) is 0 Å². The number of fused-ring (bicyclic) bond motifs is 3. The number of para-hydroxylation sites is 1. The van der Waals surface area contributed by atoms with Gasteiger partial charge >= 0.3 is 5.97 Å². The van der Waals surface area contributed by atoms with Gasteiger partial charge in [-0.2, -0.15) is 0 Å². The van der Waals surface area contributed by atoms with E-state index in [1.54, 1.807) is 44.4 Å². The maximum Gasteiger partial charge on any atom is 0.326 e. The number of carboxylic acid groups (broad SMARTS) is 1. The quantitative estimate of drug-likeness (QED) is 0.0426. The van der Waals surface area contributed by atoms with Gasteiger partial charge < -0.3 is 58.8 Å². The number of carboxylic acids is 1. The number of carbonyl (C=O) groups is 8. The van der Waals surface area contributed by atoms with Crippen LogP contribution in [-0.4, -0.2) is 129 Å². The van der Waals surface area contributed by atoms with Gasteiger partial charge in [0.25, 0.3) is 0 Å². The molecule has 0 bridgehead atoms. The summed E-state index contributed by atoms with van der Waals surface area (Å²) in [7, 11) is 2.11. The standard InChI is InChI=1S/C62H71N11O9S2/c1-36(2)54-61(80)72-53(60(79)70-51(62(81)82)29-38-21-23-41-14-4-6-16-43(41)27-38)35-84-83-34-52(71-55(74)46(64)28-37-20-22-40-13-3-5-15-42(40)26-37)59(78)68-49(30-39-12-11-25-65-32-39)57(76)69-50(31-44-33-66-47-18-8-7-17-45(44)47)58(77)67-48(56(75)73-54)19-9-10-24-63/h3-8,11-18,20-23,25-27,32-33,36,46,48-54,66H,9-10,19,24,28-31,34-35,63-64H2,1-2H3,(H,67,77)(H,68,78)(H,69,76)(H,70,79)(H,71,74)(H,72,80)(H,73,75)(H,81,82)/t46-,48-,49-,50+,51-,52+,53-,54-/m0/s1. The molecule has 0 radical (unpaired) electrons. The smallest absolute Gasteiger partial charge is 0.326 e. The zero-order valence-corrected chi connectivity index (χ0v) is 48.3. The first-order valence-corrected chi connectivity index (χ1v) is 30.5. The van der Waals surface area contributed by atoms with Crippen molar-refractivity contribution in [2.45, 2.75) is 107 Å². The summed E-state index contributed by atoms with van der Waals surface area (Å²) < 4.78 is 0. The molecule has 84 heavy (non-hydrogen) atoms. The molecule has 440 valence electrons. The first kappa shape index (κ1) is 61.8. The highest BCUT2D eigenvalue weighted by atomic mass is 33.1. The van der Waals surface area contributed by atoms with Gasteiger partial charge in [-0.05, 0) is 94.1 Å². The maximum absolute atomic E-state index is 14.9. The van der Waals surface area contributed by atoms with Crippen LogP contribution in [0.15, 0.2) is 140 Å². The number of nitrogens with zero attached hydrogens (tertiary/aromatic N) is 1. The van der Waals surface area contributed by atoms with Gasteiger partial charge in [0.15, 0.2) is 0 Å². The number of benzene rings is 5. The lowest BCUT2D eigenvalue weighted by Crippen LogP contribution is -2.61. The fourth-order valence-corrected chi connectivity index (χ4v) is 12.3. The fraction of sp³-hybridized carbons (Fsp3) is 0.339. The Balaban J connectivity index is 1.13. The zero-order chi connectivity index (χ0) is 59.7. The largest absolute Gasteiger partial charge is 0.480 e. The predicted octanol–water partition coefficient (Wildman–Crippen LogP) is 4.13. The van der Waals surface area contributed by atoms with E-state index < -0.39 is 102 Å². The minimum Gasteiger partial charge on any atom is -0.480 e. The summed E-state index contributed by atoms with van der Waals surface area (Å²) in [6.07, 6.45) is 5.61. The monoisotopic (exact) mass is 1180 g/mol. The van der Waals surface area contributed by atoms with E-state index in [1.807, 2.05) is 103 Å². The molecule has 22 heteroatoms. The number of nitrogens with two attached hydrogens (primary N) is 2. The van der Waals surface area contributed by atoms with Gasteiger partial charge in [-0.1, -0.05) is 145 Å². The van der Waals surface area contributed by atoms with E-state index in [0.29, 0.717) is 29.5 Å². The fourth-order valence-electron chi connectivity index (χ4n) is 9.99. The summed E-state index contributed by atoms with van der Waals surface area (Å²) >= 11 is 0. The van der Waals surface area contributed by atoms with Crippen molar-refractivity contribution in [2.75, 3.05) is 18.1 Å². The molecule has 13 N–H and O–H groups in total. The lowest BCUT2D eigenvalue weighted by Gasteiger charge is -2.29. The van der Waals surface area contributed by atoms with Crippen LogP contribution < -0.4 is 48.7 Å². The molecule has 7 aromatic rings. The topological polar surface area (TPSA) is 322 Å². The van der Waals surface area contributed by atoms with Gasteiger partial charge in [-0.3, -0.25) is 38.5 Å². The van der Waals surface area contributed by atoms with Crippen LogP contribution in [0, 0.1) is 5.92 Å². The summed E-state index contributed by atoms with van der Waals surface area (Å²) in [6.45, 7) is 3.67. The molecule has 1 saturated heterocycles. The van der Waals surface area contributed by atoms with Crippen molar-refractivity contribution in [3.05, 3.63) is 162 Å². The number of aromatic amines is 1. The highest BCUT2D eigenvalue weighted by Gasteiger charge is 2.36. The molecule has 0 spiro atoms. The number of rotatable bonds is 18. The molecule has 1 fully saturated rings. The first-order chi connectivity index (χ1) is 40.5. The second-order valence-electron chi connectivity index (χ2n) is 21.3. The molecule has 5 aromatic carbocycles. The Hall–Kier alpha value is -8.31. The van der Waals surface area contributed by atoms with Crippen LogP contribution in [0.4, 0.5) is 0 Å². The normalized spacial score (nSPS) is 20.4. The van der Waals surface area contributed by atoms with E-state index in [9.17, 15) is 43.5 Å². The SMILES string of the molecule is CC(C)[C@@H]1NC(=O)[C@H](CCCCN)NC(=O)[C@@H](Cc2c[nH]c3ccccc23)NC(=O)[C@H](Cc2cccnc2)NC(=O)[C@H](NC(=O)[C@@H](N)Cc2ccc3ccccc3c2)CSSC[C@@H](C(=O)N[C@@H](Cc2ccc3ccccc3c2)C(=O)O)NC1=O. The number of pyridine rings is 1. The molecule has 8 atom stereocenters. The van der Waals surface area contributed by atoms with Gasteiger partial charge in [0.2, 0.25) is 41.4 Å². The molecule has 2 aromatic heterocycles. The number of carbonyl (C=O) groups excluding carboxylic acids is 7. The minimum absolute atomic E-state index is 0.0700. The van der Waals surface area contributed by atoms with E-state index in [1.165, 1.54) is 6.20 Å². The van der Waals surface area contributed by atoms with Crippen molar-refractivity contribution in [1.29, 1.82) is 0 Å². The van der Waals surface area contributed by atoms with Crippen molar-refractivity contribution in [3.8, 4) is 0 Å². The summed E-state index contributed by atoms with van der Waals surface area (Å²) in [5.74, 6) is -7.61. The van der Waals surface area contributed by atoms with Crippen molar-refractivity contribution in [1.82, 2.24) is 47.2 Å². The summed E-state index contributed by atoms with van der Waals surface area (Å²) in [5, 5.41) is 34.6. The number of nitrogens with one attached hydrogen (secondary N) is 8. The third-order valence-electron chi connectivity index (χ3n) is 14.6. The van der Waals surface area contributed by atoms with E-state index in [-0.39, 0.29) is 50.2 Å². The van der Waals surface area contributed by atoms with Crippen LogP contribution in [0.25, 0.3) is 32.4 Å². The first-order valence-electron chi connectivity index (χ1n) is 28.0. The van der Waals surface area contributed by atoms with E-state index in [2.05, 4.69) is 47.2 Å². The van der Waals surface area contributed by atoms with Crippen LogP contribution in [0.1, 0.15) is 55.4 Å². The Labute approximate surface area is 494 Å². The molecule has 1 aliphatic heterocycles. The number of aromatic nitrogens is 2. The van der Waals surface area contributed by atoms with Gasteiger partial charge in [-0.25, -0.2) is 4.79 Å². The Morgan fingerprint density at radius 1 is 0.655 bits per heavy atom.